The van der Waals surface area contributed by atoms with E-state index in [1.807, 2.05) is 6.07 Å². The number of amides is 2. The number of anilines is 2. The van der Waals surface area contributed by atoms with Crippen molar-refractivity contribution in [1.82, 2.24) is 4.98 Å². The second-order valence-electron chi connectivity index (χ2n) is 4.52. The van der Waals surface area contributed by atoms with Crippen LogP contribution in [0.3, 0.4) is 0 Å². The first kappa shape index (κ1) is 15.7. The minimum absolute atomic E-state index is 0.429. The second-order valence-corrected chi connectivity index (χ2v) is 6.84. The Balaban J connectivity index is 1.74. The monoisotopic (exact) mass is 406 g/mol. The van der Waals surface area contributed by atoms with Crippen molar-refractivity contribution in [3.63, 3.8) is 0 Å². The van der Waals surface area contributed by atoms with E-state index in [1.54, 1.807) is 36.4 Å². The highest BCUT2D eigenvalue weighted by molar-refractivity contribution is 9.10. The minimum atomic E-state index is -0.429. The predicted molar refractivity (Wildman–Crippen MR) is 96.1 cm³/mol. The average Bonchev–Trinajstić information content (AvgIpc) is 2.90. The fourth-order valence-electron chi connectivity index (χ4n) is 1.90. The summed E-state index contributed by atoms with van der Waals surface area (Å²) in [7, 11) is 0. The predicted octanol–water partition coefficient (Wildman–Crippen LogP) is 5.23. The summed E-state index contributed by atoms with van der Waals surface area (Å²) in [4.78, 5) is 16.3. The van der Waals surface area contributed by atoms with Gasteiger partial charge in [0.05, 0.1) is 15.8 Å². The Kier molecular flexibility index (Phi) is 4.48. The SMILES string of the molecule is N#Cc1cc(NC(=O)Nc2nc3ccc(Cl)cc3s2)ccc1Br. The Morgan fingerprint density at radius 3 is 2.87 bits per heavy atom. The molecule has 0 atom stereocenters. The van der Waals surface area contributed by atoms with Gasteiger partial charge >= 0.3 is 6.03 Å². The fourth-order valence-corrected chi connectivity index (χ4v) is 3.37. The van der Waals surface area contributed by atoms with Crippen molar-refractivity contribution in [1.29, 1.82) is 5.26 Å². The highest BCUT2D eigenvalue weighted by atomic mass is 79.9. The molecule has 0 fully saturated rings. The normalized spacial score (nSPS) is 10.3. The van der Waals surface area contributed by atoms with Gasteiger partial charge in [0.2, 0.25) is 0 Å². The number of fused-ring (bicyclic) bond motifs is 1. The molecular formula is C15H8BrClN4OS. The quantitative estimate of drug-likeness (QED) is 0.610. The molecule has 0 aliphatic heterocycles. The summed E-state index contributed by atoms with van der Waals surface area (Å²) in [6.45, 7) is 0. The first-order valence-corrected chi connectivity index (χ1v) is 8.37. The van der Waals surface area contributed by atoms with Gasteiger partial charge in [0, 0.05) is 15.2 Å². The van der Waals surface area contributed by atoms with Gasteiger partial charge in [-0.3, -0.25) is 5.32 Å². The summed E-state index contributed by atoms with van der Waals surface area (Å²) in [5, 5.41) is 15.4. The van der Waals surface area contributed by atoms with Crippen LogP contribution in [0.4, 0.5) is 15.6 Å². The number of carbonyl (C=O) groups is 1. The molecule has 1 aromatic heterocycles. The van der Waals surface area contributed by atoms with Crippen molar-refractivity contribution in [2.75, 3.05) is 10.6 Å². The van der Waals surface area contributed by atoms with Crippen molar-refractivity contribution in [2.24, 2.45) is 0 Å². The smallest absolute Gasteiger partial charge is 0.308 e. The molecule has 2 amide bonds. The van der Waals surface area contributed by atoms with E-state index in [-0.39, 0.29) is 0 Å². The van der Waals surface area contributed by atoms with E-state index in [0.29, 0.717) is 25.9 Å². The number of nitriles is 1. The molecule has 2 N–H and O–H groups in total. The third-order valence-corrected chi connectivity index (χ3v) is 4.78. The Hall–Kier alpha value is -2.14. The molecule has 1 heterocycles. The van der Waals surface area contributed by atoms with Crippen LogP contribution in [-0.4, -0.2) is 11.0 Å². The van der Waals surface area contributed by atoms with Crippen LogP contribution in [0.15, 0.2) is 40.9 Å². The number of rotatable bonds is 2. The third kappa shape index (κ3) is 3.62. The Bertz CT molecular complexity index is 950. The van der Waals surface area contributed by atoms with E-state index in [2.05, 4.69) is 31.5 Å². The van der Waals surface area contributed by atoms with Gasteiger partial charge in [-0.1, -0.05) is 22.9 Å². The number of nitrogens with zero attached hydrogens (tertiary/aromatic N) is 2. The van der Waals surface area contributed by atoms with Crippen LogP contribution in [0, 0.1) is 11.3 Å². The maximum Gasteiger partial charge on any atom is 0.325 e. The summed E-state index contributed by atoms with van der Waals surface area (Å²) >= 11 is 10.5. The molecule has 0 aliphatic rings. The van der Waals surface area contributed by atoms with Gasteiger partial charge in [0.1, 0.15) is 6.07 Å². The van der Waals surface area contributed by atoms with Gasteiger partial charge < -0.3 is 5.32 Å². The molecule has 0 aliphatic carbocycles. The van der Waals surface area contributed by atoms with Crippen LogP contribution in [0.5, 0.6) is 0 Å². The molecule has 5 nitrogen and oxygen atoms in total. The van der Waals surface area contributed by atoms with Crippen LogP contribution in [-0.2, 0) is 0 Å². The number of hydrogen-bond donors (Lipinski definition) is 2. The molecule has 0 saturated carbocycles. The Morgan fingerprint density at radius 2 is 2.09 bits per heavy atom. The van der Waals surface area contributed by atoms with Gasteiger partial charge in [0.15, 0.2) is 5.13 Å². The first-order chi connectivity index (χ1) is 11.0. The molecule has 0 bridgehead atoms. The Morgan fingerprint density at radius 1 is 1.26 bits per heavy atom. The third-order valence-electron chi connectivity index (χ3n) is 2.92. The summed E-state index contributed by atoms with van der Waals surface area (Å²) in [6, 6.07) is 11.9. The maximum atomic E-state index is 12.0. The van der Waals surface area contributed by atoms with Crippen molar-refractivity contribution < 1.29 is 4.79 Å². The van der Waals surface area contributed by atoms with Gasteiger partial charge in [0.25, 0.3) is 0 Å². The van der Waals surface area contributed by atoms with Gasteiger partial charge in [-0.05, 0) is 52.3 Å². The van der Waals surface area contributed by atoms with Gasteiger partial charge in [-0.2, -0.15) is 5.26 Å². The van der Waals surface area contributed by atoms with E-state index < -0.39 is 6.03 Å². The lowest BCUT2D eigenvalue weighted by Crippen LogP contribution is -2.19. The second kappa shape index (κ2) is 6.54. The molecule has 0 spiro atoms. The molecule has 3 rings (SSSR count). The van der Waals surface area contributed by atoms with Crippen LogP contribution < -0.4 is 10.6 Å². The standard InChI is InChI=1S/C15H8BrClN4OS/c16-11-3-2-10(5-8(11)7-18)19-14(22)21-15-20-12-4-1-9(17)6-13(12)23-15/h1-6H,(H2,19,20,21,22). The molecule has 2 aromatic carbocycles. The molecule has 114 valence electrons. The Labute approximate surface area is 149 Å². The largest absolute Gasteiger partial charge is 0.325 e. The van der Waals surface area contributed by atoms with Crippen molar-refractivity contribution >= 4 is 65.9 Å². The average molecular weight is 408 g/mol. The fraction of sp³-hybridized carbons (Fsp3) is 0. The lowest BCUT2D eigenvalue weighted by atomic mass is 10.2. The van der Waals surface area contributed by atoms with Crippen LogP contribution in [0.1, 0.15) is 5.56 Å². The number of hydrogen-bond acceptors (Lipinski definition) is 4. The highest BCUT2D eigenvalue weighted by Gasteiger charge is 2.09. The van der Waals surface area contributed by atoms with Crippen LogP contribution in [0.2, 0.25) is 5.02 Å². The van der Waals surface area contributed by atoms with E-state index in [4.69, 9.17) is 16.9 Å². The summed E-state index contributed by atoms with van der Waals surface area (Å²) < 4.78 is 1.57. The van der Waals surface area contributed by atoms with Crippen LogP contribution >= 0.6 is 38.9 Å². The molecule has 8 heteroatoms. The van der Waals surface area contributed by atoms with E-state index >= 15 is 0 Å². The number of carbonyl (C=O) groups excluding carboxylic acids is 1. The summed E-state index contributed by atoms with van der Waals surface area (Å²) in [5.74, 6) is 0. The van der Waals surface area contributed by atoms with E-state index in [0.717, 1.165) is 10.2 Å². The highest BCUT2D eigenvalue weighted by Crippen LogP contribution is 2.28. The lowest BCUT2D eigenvalue weighted by molar-refractivity contribution is 0.262. The van der Waals surface area contributed by atoms with Crippen LogP contribution in [0.25, 0.3) is 10.2 Å². The zero-order chi connectivity index (χ0) is 16.4. The molecule has 3 aromatic rings. The number of urea groups is 1. The van der Waals surface area contributed by atoms with E-state index in [9.17, 15) is 4.79 Å². The molecule has 0 saturated heterocycles. The molecule has 0 radical (unpaired) electrons. The van der Waals surface area contributed by atoms with Gasteiger partial charge in [-0.15, -0.1) is 0 Å². The molecular weight excluding hydrogens is 400 g/mol. The topological polar surface area (TPSA) is 77.8 Å². The zero-order valence-corrected chi connectivity index (χ0v) is 14.6. The van der Waals surface area contributed by atoms with Crippen molar-refractivity contribution in [2.45, 2.75) is 0 Å². The molecule has 0 unspecified atom stereocenters. The summed E-state index contributed by atoms with van der Waals surface area (Å²) in [5.41, 5.74) is 1.73. The maximum absolute atomic E-state index is 12.0. The number of halogens is 2. The lowest BCUT2D eigenvalue weighted by Gasteiger charge is -2.06. The number of nitrogens with one attached hydrogen (secondary N) is 2. The number of thiazole rings is 1. The summed E-state index contributed by atoms with van der Waals surface area (Å²) in [6.07, 6.45) is 0. The minimum Gasteiger partial charge on any atom is -0.308 e. The molecule has 23 heavy (non-hydrogen) atoms. The number of aromatic nitrogens is 1. The van der Waals surface area contributed by atoms with Crippen molar-refractivity contribution in [3.05, 3.63) is 51.5 Å². The van der Waals surface area contributed by atoms with Gasteiger partial charge in [-0.25, -0.2) is 9.78 Å². The number of benzene rings is 2. The van der Waals surface area contributed by atoms with Crippen molar-refractivity contribution in [3.8, 4) is 6.07 Å². The zero-order valence-electron chi connectivity index (χ0n) is 11.4. The first-order valence-electron chi connectivity index (χ1n) is 6.39. The van der Waals surface area contributed by atoms with E-state index in [1.165, 1.54) is 11.3 Å².